The summed E-state index contributed by atoms with van der Waals surface area (Å²) in [5.41, 5.74) is 7.02. The summed E-state index contributed by atoms with van der Waals surface area (Å²) in [4.78, 5) is 8.22. The summed E-state index contributed by atoms with van der Waals surface area (Å²) in [6, 6.07) is 30.2. The molecule has 0 amide bonds. The van der Waals surface area contributed by atoms with Crippen molar-refractivity contribution in [2.24, 2.45) is 0 Å². The van der Waals surface area contributed by atoms with Gasteiger partial charge in [-0.3, -0.25) is 0 Å². The third-order valence-electron chi connectivity index (χ3n) is 4.99. The molecule has 0 saturated heterocycles. The van der Waals surface area contributed by atoms with E-state index in [1.54, 1.807) is 6.07 Å². The summed E-state index contributed by atoms with van der Waals surface area (Å²) in [6.07, 6.45) is 0. The molecule has 5 rings (SSSR count). The van der Waals surface area contributed by atoms with Gasteiger partial charge in [0.1, 0.15) is 5.82 Å². The molecule has 0 aliphatic heterocycles. The van der Waals surface area contributed by atoms with Gasteiger partial charge in [0.25, 0.3) is 0 Å². The van der Waals surface area contributed by atoms with Crippen LogP contribution in [-0.2, 0) is 0 Å². The van der Waals surface area contributed by atoms with Crippen molar-refractivity contribution < 1.29 is 0 Å². The van der Waals surface area contributed by atoms with Gasteiger partial charge in [0.2, 0.25) is 0 Å². The van der Waals surface area contributed by atoms with Gasteiger partial charge in [-0.2, -0.15) is 0 Å². The highest BCUT2D eigenvalue weighted by Gasteiger charge is 2.15. The van der Waals surface area contributed by atoms with Gasteiger partial charge in [-0.1, -0.05) is 77.8 Å². The number of H-pyrrole nitrogens is 1. The number of aromatic amines is 1. The van der Waals surface area contributed by atoms with Crippen molar-refractivity contribution in [3.05, 3.63) is 101 Å². The molecule has 0 fully saturated rings. The highest BCUT2D eigenvalue weighted by atomic mass is 35.5. The third kappa shape index (κ3) is 3.42. The first-order chi connectivity index (χ1) is 14.2. The molecule has 0 saturated carbocycles. The monoisotopic (exact) mass is 414 g/mol. The van der Waals surface area contributed by atoms with Gasteiger partial charge >= 0.3 is 0 Å². The van der Waals surface area contributed by atoms with Crippen LogP contribution in [0.4, 0.5) is 0 Å². The van der Waals surface area contributed by atoms with Gasteiger partial charge in [-0.25, -0.2) is 4.98 Å². The van der Waals surface area contributed by atoms with E-state index in [1.807, 2.05) is 54.6 Å². The molecule has 0 radical (unpaired) electrons. The number of fused-ring (bicyclic) bond motifs is 1. The smallest absolute Gasteiger partial charge is 0.139 e. The van der Waals surface area contributed by atoms with E-state index in [-0.39, 0.29) is 0 Å². The number of nitrogens with one attached hydrogen (secondary N) is 1. The molecular formula is C25H16Cl2N2. The van der Waals surface area contributed by atoms with E-state index in [0.717, 1.165) is 44.7 Å². The summed E-state index contributed by atoms with van der Waals surface area (Å²) < 4.78 is 0. The maximum absolute atomic E-state index is 6.58. The predicted octanol–water partition coefficient (Wildman–Crippen LogP) is 7.87. The molecule has 0 aliphatic carbocycles. The summed E-state index contributed by atoms with van der Waals surface area (Å²) >= 11 is 12.9. The fourth-order valence-corrected chi connectivity index (χ4v) is 3.96. The Balaban J connectivity index is 1.77. The lowest BCUT2D eigenvalue weighted by molar-refractivity contribution is 1.34. The molecule has 0 bridgehead atoms. The predicted molar refractivity (Wildman–Crippen MR) is 122 cm³/mol. The minimum atomic E-state index is 0.644. The quantitative estimate of drug-likeness (QED) is 0.319. The fourth-order valence-electron chi connectivity index (χ4n) is 3.57. The van der Waals surface area contributed by atoms with Crippen molar-refractivity contribution in [2.45, 2.75) is 0 Å². The first kappa shape index (κ1) is 18.0. The molecule has 1 aromatic heterocycles. The maximum Gasteiger partial charge on any atom is 0.139 e. The largest absolute Gasteiger partial charge is 0.338 e. The summed E-state index contributed by atoms with van der Waals surface area (Å²) in [5.74, 6) is 0.803. The second kappa shape index (κ2) is 7.40. The van der Waals surface area contributed by atoms with Crippen molar-refractivity contribution in [2.75, 3.05) is 0 Å². The van der Waals surface area contributed by atoms with Crippen LogP contribution in [0, 0.1) is 0 Å². The van der Waals surface area contributed by atoms with Gasteiger partial charge in [0, 0.05) is 21.2 Å². The Morgan fingerprint density at radius 1 is 0.621 bits per heavy atom. The van der Waals surface area contributed by atoms with E-state index < -0.39 is 0 Å². The fraction of sp³-hybridized carbons (Fsp3) is 0. The average Bonchev–Trinajstić information content (AvgIpc) is 3.20. The normalized spacial score (nSPS) is 11.1. The Morgan fingerprint density at radius 3 is 2.24 bits per heavy atom. The van der Waals surface area contributed by atoms with Crippen LogP contribution in [0.15, 0.2) is 91.0 Å². The number of rotatable bonds is 3. The van der Waals surface area contributed by atoms with E-state index in [1.165, 1.54) is 0 Å². The number of halogens is 2. The molecule has 29 heavy (non-hydrogen) atoms. The SMILES string of the molecule is Clc1ccc(Cl)c(-c2cc(-c3ccccc3)ccc2-c2nc3ccccc3[nH]2)c1. The van der Waals surface area contributed by atoms with Crippen molar-refractivity contribution in [1.82, 2.24) is 9.97 Å². The maximum atomic E-state index is 6.58. The van der Waals surface area contributed by atoms with Crippen LogP contribution in [0.2, 0.25) is 10.0 Å². The molecule has 140 valence electrons. The lowest BCUT2D eigenvalue weighted by atomic mass is 9.94. The molecule has 5 aromatic rings. The van der Waals surface area contributed by atoms with Crippen molar-refractivity contribution in [1.29, 1.82) is 0 Å². The van der Waals surface area contributed by atoms with Crippen molar-refractivity contribution in [3.63, 3.8) is 0 Å². The van der Waals surface area contributed by atoms with Gasteiger partial charge in [-0.05, 0) is 53.1 Å². The molecule has 0 aliphatic rings. The molecule has 1 N–H and O–H groups in total. The van der Waals surface area contributed by atoms with Crippen LogP contribution >= 0.6 is 23.2 Å². The molecule has 0 atom stereocenters. The number of imidazole rings is 1. The van der Waals surface area contributed by atoms with Crippen molar-refractivity contribution >= 4 is 34.2 Å². The first-order valence-corrected chi connectivity index (χ1v) is 10.0. The third-order valence-corrected chi connectivity index (χ3v) is 5.55. The van der Waals surface area contributed by atoms with Crippen LogP contribution in [-0.4, -0.2) is 9.97 Å². The van der Waals surface area contributed by atoms with Gasteiger partial charge < -0.3 is 4.98 Å². The highest BCUT2D eigenvalue weighted by Crippen LogP contribution is 2.39. The molecular weight excluding hydrogens is 399 g/mol. The summed E-state index contributed by atoms with van der Waals surface area (Å²) in [5, 5.41) is 1.29. The Kier molecular flexibility index (Phi) is 4.59. The summed E-state index contributed by atoms with van der Waals surface area (Å²) in [6.45, 7) is 0. The topological polar surface area (TPSA) is 28.7 Å². The van der Waals surface area contributed by atoms with E-state index >= 15 is 0 Å². The second-order valence-corrected chi connectivity index (χ2v) is 7.70. The zero-order valence-corrected chi connectivity index (χ0v) is 16.9. The van der Waals surface area contributed by atoms with Gasteiger partial charge in [0.05, 0.1) is 11.0 Å². The van der Waals surface area contributed by atoms with Crippen LogP contribution in [0.25, 0.3) is 44.7 Å². The Labute approximate surface area is 178 Å². The Hall–Kier alpha value is -3.07. The zero-order valence-electron chi connectivity index (χ0n) is 15.4. The van der Waals surface area contributed by atoms with Crippen molar-refractivity contribution in [3.8, 4) is 33.6 Å². The van der Waals surface area contributed by atoms with Crippen LogP contribution < -0.4 is 0 Å². The minimum absolute atomic E-state index is 0.644. The number of hydrogen-bond donors (Lipinski definition) is 1. The molecule has 4 heteroatoms. The Bertz CT molecular complexity index is 1290. The standard InChI is InChI=1S/C25H16Cl2N2/c26-18-11-13-22(27)21(15-18)20-14-17(16-6-2-1-3-7-16)10-12-19(20)25-28-23-8-4-5-9-24(23)29-25/h1-15H,(H,28,29). The number of para-hydroxylation sites is 2. The zero-order chi connectivity index (χ0) is 19.8. The minimum Gasteiger partial charge on any atom is -0.338 e. The van der Waals surface area contributed by atoms with E-state index in [0.29, 0.717) is 10.0 Å². The molecule has 2 nitrogen and oxygen atoms in total. The Morgan fingerprint density at radius 2 is 1.41 bits per heavy atom. The number of benzene rings is 4. The van der Waals surface area contributed by atoms with Crippen LogP contribution in [0.3, 0.4) is 0 Å². The first-order valence-electron chi connectivity index (χ1n) is 9.29. The second-order valence-electron chi connectivity index (χ2n) is 6.85. The molecule has 0 spiro atoms. The highest BCUT2D eigenvalue weighted by molar-refractivity contribution is 6.35. The van der Waals surface area contributed by atoms with Crippen LogP contribution in [0.5, 0.6) is 0 Å². The number of nitrogens with zero attached hydrogens (tertiary/aromatic N) is 1. The van der Waals surface area contributed by atoms with E-state index in [2.05, 4.69) is 35.3 Å². The number of aromatic nitrogens is 2. The van der Waals surface area contributed by atoms with E-state index in [4.69, 9.17) is 28.2 Å². The molecule has 0 unspecified atom stereocenters. The molecule has 1 heterocycles. The van der Waals surface area contributed by atoms with Crippen LogP contribution in [0.1, 0.15) is 0 Å². The van der Waals surface area contributed by atoms with Gasteiger partial charge in [0.15, 0.2) is 0 Å². The lowest BCUT2D eigenvalue weighted by Crippen LogP contribution is -1.90. The van der Waals surface area contributed by atoms with Gasteiger partial charge in [-0.15, -0.1) is 0 Å². The number of hydrogen-bond acceptors (Lipinski definition) is 1. The molecule has 4 aromatic carbocycles. The summed E-state index contributed by atoms with van der Waals surface area (Å²) in [7, 11) is 0. The van der Waals surface area contributed by atoms with E-state index in [9.17, 15) is 0 Å². The average molecular weight is 415 g/mol. The lowest BCUT2D eigenvalue weighted by Gasteiger charge is -2.13.